The molecule has 0 atom stereocenters. The quantitative estimate of drug-likeness (QED) is 0.639. The van der Waals surface area contributed by atoms with E-state index in [-0.39, 0.29) is 0 Å². The van der Waals surface area contributed by atoms with Crippen molar-refractivity contribution in [3.05, 3.63) is 28.8 Å². The molecule has 0 unspecified atom stereocenters. The molecule has 0 N–H and O–H groups in total. The Bertz CT molecular complexity index is 411. The van der Waals surface area contributed by atoms with Crippen molar-refractivity contribution in [2.75, 3.05) is 18.0 Å². The third kappa shape index (κ3) is 1.31. The lowest BCUT2D eigenvalue weighted by Crippen LogP contribution is -2.34. The van der Waals surface area contributed by atoms with E-state index >= 15 is 0 Å². The van der Waals surface area contributed by atoms with Gasteiger partial charge in [-0.25, -0.2) is 0 Å². The highest BCUT2D eigenvalue weighted by molar-refractivity contribution is 5.65. The van der Waals surface area contributed by atoms with E-state index in [9.17, 15) is 0 Å². The molecule has 2 aliphatic heterocycles. The second-order valence-corrected chi connectivity index (χ2v) is 4.45. The number of anilines is 1. The van der Waals surface area contributed by atoms with Crippen molar-refractivity contribution in [2.24, 2.45) is 0 Å². The minimum absolute atomic E-state index is 0.840. The van der Waals surface area contributed by atoms with E-state index < -0.39 is 0 Å². The Morgan fingerprint density at radius 1 is 1.07 bits per heavy atom. The summed E-state index contributed by atoms with van der Waals surface area (Å²) in [6.07, 6.45) is 4.77. The highest BCUT2D eigenvalue weighted by Gasteiger charge is 2.23. The fourth-order valence-corrected chi connectivity index (χ4v) is 2.87. The monoisotopic (exact) mass is 198 g/mol. The van der Waals surface area contributed by atoms with Crippen LogP contribution in [-0.4, -0.2) is 13.1 Å². The second kappa shape index (κ2) is 3.27. The average Bonchev–Trinajstić information content (AvgIpc) is 2.29. The first-order chi connectivity index (χ1) is 7.38. The molecule has 0 amide bonds. The Morgan fingerprint density at radius 2 is 1.67 bits per heavy atom. The fourth-order valence-electron chi connectivity index (χ4n) is 2.87. The highest BCUT2D eigenvalue weighted by Crippen LogP contribution is 2.35. The van der Waals surface area contributed by atoms with Crippen molar-refractivity contribution in [3.63, 3.8) is 0 Å². The van der Waals surface area contributed by atoms with E-state index in [0.717, 1.165) is 18.4 Å². The molecule has 76 valence electrons. The zero-order valence-electron chi connectivity index (χ0n) is 8.79. The van der Waals surface area contributed by atoms with E-state index in [0.29, 0.717) is 0 Å². The highest BCUT2D eigenvalue weighted by atomic mass is 15.1. The molecule has 0 aliphatic carbocycles. The summed E-state index contributed by atoms with van der Waals surface area (Å²) in [5.41, 5.74) is 5.09. The van der Waals surface area contributed by atoms with Crippen molar-refractivity contribution < 1.29 is 0 Å². The van der Waals surface area contributed by atoms with Crippen LogP contribution in [0.2, 0.25) is 0 Å². The Morgan fingerprint density at radius 3 is 2.20 bits per heavy atom. The number of benzene rings is 1. The van der Waals surface area contributed by atoms with Crippen LogP contribution in [0.4, 0.5) is 5.69 Å². The van der Waals surface area contributed by atoms with Gasteiger partial charge in [-0.1, -0.05) is 0 Å². The maximum absolute atomic E-state index is 8.98. The number of nitriles is 1. The van der Waals surface area contributed by atoms with Gasteiger partial charge in [0, 0.05) is 18.8 Å². The largest absolute Gasteiger partial charge is 0.371 e. The average molecular weight is 198 g/mol. The van der Waals surface area contributed by atoms with Crippen molar-refractivity contribution in [1.82, 2.24) is 0 Å². The summed E-state index contributed by atoms with van der Waals surface area (Å²) in [5, 5.41) is 8.98. The molecule has 3 rings (SSSR count). The summed E-state index contributed by atoms with van der Waals surface area (Å²) in [6.45, 7) is 2.40. The Kier molecular flexibility index (Phi) is 1.92. The van der Waals surface area contributed by atoms with Crippen molar-refractivity contribution >= 4 is 5.69 Å². The molecule has 0 saturated heterocycles. The maximum atomic E-state index is 8.98. The Labute approximate surface area is 90.1 Å². The van der Waals surface area contributed by atoms with Gasteiger partial charge in [0.05, 0.1) is 11.6 Å². The molecule has 2 heteroatoms. The topological polar surface area (TPSA) is 27.0 Å². The maximum Gasteiger partial charge on any atom is 0.0991 e. The second-order valence-electron chi connectivity index (χ2n) is 4.45. The summed E-state index contributed by atoms with van der Waals surface area (Å²) in [7, 11) is 0. The van der Waals surface area contributed by atoms with E-state index in [1.807, 2.05) is 0 Å². The zero-order chi connectivity index (χ0) is 10.3. The van der Waals surface area contributed by atoms with Crippen LogP contribution >= 0.6 is 0 Å². The van der Waals surface area contributed by atoms with Crippen LogP contribution in [0.15, 0.2) is 12.1 Å². The lowest BCUT2D eigenvalue weighted by molar-refractivity contribution is 0.634. The van der Waals surface area contributed by atoms with Gasteiger partial charge in [-0.15, -0.1) is 0 Å². The normalized spacial score (nSPS) is 18.2. The van der Waals surface area contributed by atoms with Crippen LogP contribution in [0, 0.1) is 11.3 Å². The summed E-state index contributed by atoms with van der Waals surface area (Å²) in [5.74, 6) is 0. The molecule has 0 radical (unpaired) electrons. The smallest absolute Gasteiger partial charge is 0.0991 e. The third-order valence-corrected chi connectivity index (χ3v) is 3.46. The number of hydrogen-bond donors (Lipinski definition) is 0. The molecule has 2 heterocycles. The van der Waals surface area contributed by atoms with Crippen LogP contribution in [0.5, 0.6) is 0 Å². The molecule has 2 nitrogen and oxygen atoms in total. The van der Waals surface area contributed by atoms with Crippen LogP contribution in [-0.2, 0) is 12.8 Å². The summed E-state index contributed by atoms with van der Waals surface area (Å²) in [6, 6.07) is 6.43. The predicted octanol–water partition coefficient (Wildman–Crippen LogP) is 2.26. The lowest BCUT2D eigenvalue weighted by atomic mass is 9.90. The number of rotatable bonds is 0. The molecule has 1 aromatic rings. The van der Waals surface area contributed by atoms with Crippen LogP contribution < -0.4 is 4.90 Å². The zero-order valence-corrected chi connectivity index (χ0v) is 8.79. The number of hydrogen-bond acceptors (Lipinski definition) is 2. The number of aryl methyl sites for hydroxylation is 2. The fraction of sp³-hybridized carbons (Fsp3) is 0.462. The van der Waals surface area contributed by atoms with Gasteiger partial charge in [0.1, 0.15) is 0 Å². The minimum atomic E-state index is 0.840. The lowest BCUT2D eigenvalue weighted by Gasteiger charge is -2.36. The molecular weight excluding hydrogens is 184 g/mol. The van der Waals surface area contributed by atoms with Gasteiger partial charge in [0.2, 0.25) is 0 Å². The molecule has 0 bridgehead atoms. The molecule has 0 fully saturated rings. The van der Waals surface area contributed by atoms with Crippen molar-refractivity contribution in [3.8, 4) is 6.07 Å². The Hall–Kier alpha value is -1.49. The molecule has 2 aliphatic rings. The van der Waals surface area contributed by atoms with Gasteiger partial charge in [0.15, 0.2) is 0 Å². The van der Waals surface area contributed by atoms with Gasteiger partial charge in [-0.3, -0.25) is 0 Å². The van der Waals surface area contributed by atoms with E-state index in [4.69, 9.17) is 5.26 Å². The van der Waals surface area contributed by atoms with Gasteiger partial charge in [-0.2, -0.15) is 5.26 Å². The van der Waals surface area contributed by atoms with Crippen LogP contribution in [0.3, 0.4) is 0 Å². The molecular formula is C13H14N2. The minimum Gasteiger partial charge on any atom is -0.371 e. The van der Waals surface area contributed by atoms with E-state index in [1.165, 1.54) is 42.7 Å². The van der Waals surface area contributed by atoms with Gasteiger partial charge < -0.3 is 4.90 Å². The van der Waals surface area contributed by atoms with Gasteiger partial charge in [-0.05, 0) is 48.9 Å². The van der Waals surface area contributed by atoms with Gasteiger partial charge in [0.25, 0.3) is 0 Å². The Balaban J connectivity index is 2.20. The molecule has 1 aromatic carbocycles. The molecule has 0 saturated carbocycles. The predicted molar refractivity (Wildman–Crippen MR) is 60.0 cm³/mol. The standard InChI is InChI=1S/C13H14N2/c14-9-10-7-11-3-1-5-15-6-2-4-12(8-10)13(11)15/h7-8H,1-6H2. The first-order valence-electron chi connectivity index (χ1n) is 5.69. The molecule has 0 spiro atoms. The summed E-state index contributed by atoms with van der Waals surface area (Å²) < 4.78 is 0. The van der Waals surface area contributed by atoms with E-state index in [2.05, 4.69) is 23.1 Å². The van der Waals surface area contributed by atoms with Crippen molar-refractivity contribution in [1.29, 1.82) is 5.26 Å². The SMILES string of the molecule is N#Cc1cc2c3c(c1)CCCN3CCC2. The van der Waals surface area contributed by atoms with Crippen LogP contribution in [0.25, 0.3) is 0 Å². The first-order valence-corrected chi connectivity index (χ1v) is 5.69. The first kappa shape index (κ1) is 8.79. The summed E-state index contributed by atoms with van der Waals surface area (Å²) >= 11 is 0. The third-order valence-electron chi connectivity index (χ3n) is 3.46. The van der Waals surface area contributed by atoms with Crippen molar-refractivity contribution in [2.45, 2.75) is 25.7 Å². The molecule has 0 aromatic heterocycles. The molecule has 15 heavy (non-hydrogen) atoms. The number of nitrogens with zero attached hydrogens (tertiary/aromatic N) is 2. The summed E-state index contributed by atoms with van der Waals surface area (Å²) in [4.78, 5) is 2.50. The van der Waals surface area contributed by atoms with Crippen LogP contribution in [0.1, 0.15) is 29.5 Å². The van der Waals surface area contributed by atoms with E-state index in [1.54, 1.807) is 0 Å². The van der Waals surface area contributed by atoms with Gasteiger partial charge >= 0.3 is 0 Å².